The van der Waals surface area contributed by atoms with Gasteiger partial charge in [-0.1, -0.05) is 53.3 Å². The summed E-state index contributed by atoms with van der Waals surface area (Å²) in [4.78, 5) is 12.7. The van der Waals surface area contributed by atoms with Gasteiger partial charge in [0.1, 0.15) is 23.9 Å². The summed E-state index contributed by atoms with van der Waals surface area (Å²) < 4.78 is 11.5. The second kappa shape index (κ2) is 9.39. The lowest BCUT2D eigenvalue weighted by Gasteiger charge is -2.10. The molecule has 0 aliphatic carbocycles. The summed E-state index contributed by atoms with van der Waals surface area (Å²) in [6.07, 6.45) is 0. The highest BCUT2D eigenvalue weighted by Crippen LogP contribution is 2.26. The number of halogens is 1. The molecule has 0 bridgehead atoms. The first-order chi connectivity index (χ1) is 14.7. The molecule has 1 heterocycles. The fourth-order valence-corrected chi connectivity index (χ4v) is 3.34. The predicted molar refractivity (Wildman–Crippen MR) is 117 cm³/mol. The van der Waals surface area contributed by atoms with Crippen molar-refractivity contribution in [3.63, 3.8) is 0 Å². The lowest BCUT2D eigenvalue weighted by atomic mass is 10.2. The third-order valence-corrected chi connectivity index (χ3v) is 5.03. The number of rotatable bonds is 7. The predicted octanol–water partition coefficient (Wildman–Crippen LogP) is 5.82. The van der Waals surface area contributed by atoms with Crippen LogP contribution in [0.4, 0.5) is 5.13 Å². The summed E-state index contributed by atoms with van der Waals surface area (Å²) in [5.41, 5.74) is 0.399. The van der Waals surface area contributed by atoms with Gasteiger partial charge < -0.3 is 9.47 Å². The van der Waals surface area contributed by atoms with Crippen LogP contribution < -0.4 is 14.8 Å². The molecule has 0 atom stereocenters. The van der Waals surface area contributed by atoms with E-state index in [0.717, 1.165) is 0 Å². The molecule has 8 heteroatoms. The monoisotopic (exact) mass is 437 g/mol. The Labute approximate surface area is 182 Å². The van der Waals surface area contributed by atoms with Gasteiger partial charge in [-0.3, -0.25) is 10.1 Å². The van der Waals surface area contributed by atoms with Crippen molar-refractivity contribution in [2.75, 3.05) is 5.32 Å². The maximum atomic E-state index is 12.7. The third kappa shape index (κ3) is 5.14. The molecule has 1 amide bonds. The highest BCUT2D eigenvalue weighted by molar-refractivity contribution is 7.15. The van der Waals surface area contributed by atoms with Crippen molar-refractivity contribution in [3.8, 4) is 17.2 Å². The van der Waals surface area contributed by atoms with E-state index in [1.165, 1.54) is 11.3 Å². The molecule has 30 heavy (non-hydrogen) atoms. The van der Waals surface area contributed by atoms with E-state index >= 15 is 0 Å². The standard InChI is InChI=1S/C22H16ClN3O3S/c23-15-10-12-16(13-11-15)28-14-20-25-26-22(30-20)24-21(27)18-8-4-5-9-19(18)29-17-6-2-1-3-7-17/h1-13H,14H2,(H,24,26,27). The van der Waals surface area contributed by atoms with Crippen LogP contribution in [0.1, 0.15) is 15.4 Å². The van der Waals surface area contributed by atoms with E-state index < -0.39 is 0 Å². The summed E-state index contributed by atoms with van der Waals surface area (Å²) >= 11 is 7.10. The quantitative estimate of drug-likeness (QED) is 0.394. The van der Waals surface area contributed by atoms with Crippen LogP contribution in [0.3, 0.4) is 0 Å². The molecule has 0 unspecified atom stereocenters. The number of nitrogens with one attached hydrogen (secondary N) is 1. The minimum Gasteiger partial charge on any atom is -0.486 e. The SMILES string of the molecule is O=C(Nc1nnc(COc2ccc(Cl)cc2)s1)c1ccccc1Oc1ccccc1. The molecule has 0 fully saturated rings. The summed E-state index contributed by atoms with van der Waals surface area (Å²) in [5.74, 6) is 1.45. The first-order valence-corrected chi connectivity index (χ1v) is 10.2. The van der Waals surface area contributed by atoms with Crippen LogP contribution >= 0.6 is 22.9 Å². The van der Waals surface area contributed by atoms with E-state index in [9.17, 15) is 4.79 Å². The first-order valence-electron chi connectivity index (χ1n) is 9.01. The van der Waals surface area contributed by atoms with Gasteiger partial charge >= 0.3 is 0 Å². The number of para-hydroxylation sites is 2. The highest BCUT2D eigenvalue weighted by atomic mass is 35.5. The van der Waals surface area contributed by atoms with E-state index in [0.29, 0.717) is 38.0 Å². The zero-order valence-electron chi connectivity index (χ0n) is 15.6. The van der Waals surface area contributed by atoms with E-state index in [-0.39, 0.29) is 12.5 Å². The van der Waals surface area contributed by atoms with Gasteiger partial charge in [0.2, 0.25) is 5.13 Å². The molecule has 4 rings (SSSR count). The molecule has 1 N–H and O–H groups in total. The molecule has 0 aliphatic heterocycles. The van der Waals surface area contributed by atoms with Gasteiger partial charge in [0.05, 0.1) is 5.56 Å². The zero-order valence-corrected chi connectivity index (χ0v) is 17.2. The Morgan fingerprint density at radius 1 is 0.900 bits per heavy atom. The number of ether oxygens (including phenoxy) is 2. The summed E-state index contributed by atoms with van der Waals surface area (Å²) in [5, 5.41) is 12.5. The molecule has 0 aliphatic rings. The minimum absolute atomic E-state index is 0.239. The normalized spacial score (nSPS) is 10.4. The average Bonchev–Trinajstić information content (AvgIpc) is 3.22. The smallest absolute Gasteiger partial charge is 0.261 e. The lowest BCUT2D eigenvalue weighted by Crippen LogP contribution is -2.12. The Kier molecular flexibility index (Phi) is 6.22. The Bertz CT molecular complexity index is 1130. The lowest BCUT2D eigenvalue weighted by molar-refractivity contribution is 0.102. The average molecular weight is 438 g/mol. The van der Waals surface area contributed by atoms with Crippen molar-refractivity contribution in [3.05, 3.63) is 94.5 Å². The van der Waals surface area contributed by atoms with Gasteiger partial charge in [-0.2, -0.15) is 0 Å². The summed E-state index contributed by atoms with van der Waals surface area (Å²) in [6, 6.07) is 23.4. The van der Waals surface area contributed by atoms with Crippen molar-refractivity contribution in [1.29, 1.82) is 0 Å². The van der Waals surface area contributed by atoms with Crippen LogP contribution in [0, 0.1) is 0 Å². The number of carbonyl (C=O) groups excluding carboxylic acids is 1. The Hall–Kier alpha value is -3.42. The van der Waals surface area contributed by atoms with Gasteiger partial charge in [0, 0.05) is 5.02 Å². The largest absolute Gasteiger partial charge is 0.486 e. The molecule has 3 aromatic carbocycles. The van der Waals surface area contributed by atoms with E-state index in [1.54, 1.807) is 42.5 Å². The fraction of sp³-hybridized carbons (Fsp3) is 0.0455. The first kappa shape index (κ1) is 19.9. The number of anilines is 1. The van der Waals surface area contributed by atoms with Gasteiger partial charge in [-0.15, -0.1) is 10.2 Å². The number of carbonyl (C=O) groups is 1. The van der Waals surface area contributed by atoms with E-state index in [1.807, 2.05) is 36.4 Å². The molecule has 0 saturated carbocycles. The highest BCUT2D eigenvalue weighted by Gasteiger charge is 2.15. The number of amides is 1. The van der Waals surface area contributed by atoms with Gasteiger partial charge in [-0.05, 0) is 48.5 Å². The minimum atomic E-state index is -0.331. The second-order valence-corrected chi connectivity index (χ2v) is 7.61. The molecule has 0 radical (unpaired) electrons. The van der Waals surface area contributed by atoms with Crippen molar-refractivity contribution < 1.29 is 14.3 Å². The molecule has 6 nitrogen and oxygen atoms in total. The molecule has 150 valence electrons. The number of aromatic nitrogens is 2. The zero-order chi connectivity index (χ0) is 20.8. The second-order valence-electron chi connectivity index (χ2n) is 6.11. The number of hydrogen-bond acceptors (Lipinski definition) is 6. The van der Waals surface area contributed by atoms with Crippen LogP contribution in [-0.4, -0.2) is 16.1 Å². The molecule has 4 aromatic rings. The third-order valence-electron chi connectivity index (χ3n) is 3.97. The fourth-order valence-electron chi connectivity index (χ4n) is 2.56. The molecular formula is C22H16ClN3O3S. The maximum Gasteiger partial charge on any atom is 0.261 e. The number of hydrogen-bond donors (Lipinski definition) is 1. The van der Waals surface area contributed by atoms with Crippen molar-refractivity contribution >= 4 is 34.0 Å². The molecule has 1 aromatic heterocycles. The topological polar surface area (TPSA) is 73.3 Å². The van der Waals surface area contributed by atoms with Crippen LogP contribution in [0.15, 0.2) is 78.9 Å². The molecular weight excluding hydrogens is 422 g/mol. The maximum absolute atomic E-state index is 12.7. The van der Waals surface area contributed by atoms with E-state index in [2.05, 4.69) is 15.5 Å². The van der Waals surface area contributed by atoms with E-state index in [4.69, 9.17) is 21.1 Å². The Morgan fingerprint density at radius 3 is 2.43 bits per heavy atom. The van der Waals surface area contributed by atoms with Crippen LogP contribution in [0.25, 0.3) is 0 Å². The van der Waals surface area contributed by atoms with Gasteiger partial charge in [-0.25, -0.2) is 0 Å². The Morgan fingerprint density at radius 2 is 1.63 bits per heavy atom. The Balaban J connectivity index is 1.40. The van der Waals surface area contributed by atoms with Crippen LogP contribution in [0.5, 0.6) is 17.2 Å². The number of benzene rings is 3. The molecule has 0 spiro atoms. The van der Waals surface area contributed by atoms with Crippen molar-refractivity contribution in [2.24, 2.45) is 0 Å². The van der Waals surface area contributed by atoms with Crippen molar-refractivity contribution in [2.45, 2.75) is 6.61 Å². The van der Waals surface area contributed by atoms with Crippen molar-refractivity contribution in [1.82, 2.24) is 10.2 Å². The van der Waals surface area contributed by atoms with Gasteiger partial charge in [0.15, 0.2) is 5.01 Å². The van der Waals surface area contributed by atoms with Gasteiger partial charge in [0.25, 0.3) is 5.91 Å². The summed E-state index contributed by atoms with van der Waals surface area (Å²) in [6.45, 7) is 0.239. The van der Waals surface area contributed by atoms with Crippen LogP contribution in [-0.2, 0) is 6.61 Å². The molecule has 0 saturated heterocycles. The summed E-state index contributed by atoms with van der Waals surface area (Å²) in [7, 11) is 0. The number of nitrogens with zero attached hydrogens (tertiary/aromatic N) is 2. The van der Waals surface area contributed by atoms with Crippen LogP contribution in [0.2, 0.25) is 5.02 Å².